The Bertz CT molecular complexity index is 1460. The maximum atomic E-state index is 12.9. The van der Waals surface area contributed by atoms with Crippen molar-refractivity contribution in [2.45, 2.75) is 32.9 Å². The lowest BCUT2D eigenvalue weighted by atomic mass is 10.1. The summed E-state index contributed by atoms with van der Waals surface area (Å²) in [7, 11) is 1.63. The first-order chi connectivity index (χ1) is 18.0. The molecule has 1 amide bonds. The average Bonchev–Trinajstić information content (AvgIpc) is 3.51. The second kappa shape index (κ2) is 10.2. The third-order valence-electron chi connectivity index (χ3n) is 6.36. The predicted molar refractivity (Wildman–Crippen MR) is 147 cm³/mol. The van der Waals surface area contributed by atoms with Gasteiger partial charge in [0.25, 0.3) is 0 Å². The van der Waals surface area contributed by atoms with Crippen LogP contribution in [0.1, 0.15) is 38.4 Å². The first-order valence-corrected chi connectivity index (χ1v) is 12.3. The fourth-order valence-corrected chi connectivity index (χ4v) is 4.60. The van der Waals surface area contributed by atoms with Crippen LogP contribution in [-0.2, 0) is 9.59 Å². The molecule has 188 valence electrons. The molecule has 0 fully saturated rings. The van der Waals surface area contributed by atoms with E-state index < -0.39 is 6.17 Å². The number of ketones is 1. The van der Waals surface area contributed by atoms with E-state index in [0.717, 1.165) is 40.0 Å². The molecule has 8 heteroatoms. The van der Waals surface area contributed by atoms with E-state index in [1.54, 1.807) is 7.11 Å². The van der Waals surface area contributed by atoms with Crippen LogP contribution in [0, 0.1) is 0 Å². The van der Waals surface area contributed by atoms with Crippen LogP contribution < -0.4 is 20.0 Å². The Morgan fingerprint density at radius 3 is 2.38 bits per heavy atom. The Morgan fingerprint density at radius 1 is 1.00 bits per heavy atom. The number of nitrogens with one attached hydrogen (secondary N) is 2. The van der Waals surface area contributed by atoms with Gasteiger partial charge in [-0.05, 0) is 61.0 Å². The van der Waals surface area contributed by atoms with Crippen molar-refractivity contribution in [2.75, 3.05) is 22.3 Å². The van der Waals surface area contributed by atoms with E-state index in [1.807, 2.05) is 89.8 Å². The molecule has 2 heterocycles. The smallest absolute Gasteiger partial charge is 0.224 e. The first-order valence-electron chi connectivity index (χ1n) is 12.3. The molecule has 0 saturated carbocycles. The molecule has 0 bridgehead atoms. The lowest BCUT2D eigenvalue weighted by Gasteiger charge is -2.31. The van der Waals surface area contributed by atoms with E-state index >= 15 is 0 Å². The lowest BCUT2D eigenvalue weighted by molar-refractivity contribution is -0.116. The van der Waals surface area contributed by atoms with E-state index in [4.69, 9.17) is 9.84 Å². The van der Waals surface area contributed by atoms with Crippen molar-refractivity contribution in [2.24, 2.45) is 5.10 Å². The van der Waals surface area contributed by atoms with Crippen LogP contribution in [0.4, 0.5) is 17.1 Å². The fraction of sp³-hybridized carbons (Fsp3) is 0.207. The number of fused-ring (bicyclic) bond motifs is 1. The van der Waals surface area contributed by atoms with Gasteiger partial charge in [0.1, 0.15) is 5.75 Å². The second-order valence-electron chi connectivity index (χ2n) is 8.90. The quantitative estimate of drug-likeness (QED) is 0.320. The molecule has 1 atom stereocenters. The summed E-state index contributed by atoms with van der Waals surface area (Å²) in [6.07, 6.45) is 2.79. The molecule has 2 N–H and O–H groups in total. The Labute approximate surface area is 215 Å². The Balaban J connectivity index is 1.61. The Morgan fingerprint density at radius 2 is 1.70 bits per heavy atom. The van der Waals surface area contributed by atoms with Crippen LogP contribution in [0.2, 0.25) is 0 Å². The highest BCUT2D eigenvalue weighted by molar-refractivity contribution is 6.44. The third kappa shape index (κ3) is 4.65. The molecule has 37 heavy (non-hydrogen) atoms. The molecule has 8 nitrogen and oxygen atoms in total. The number of hydrogen-bond acceptors (Lipinski definition) is 6. The highest BCUT2D eigenvalue weighted by Gasteiger charge is 2.40. The van der Waals surface area contributed by atoms with Crippen molar-refractivity contribution in [1.82, 2.24) is 4.98 Å². The summed E-state index contributed by atoms with van der Waals surface area (Å²) in [4.78, 5) is 30.3. The average molecular weight is 496 g/mol. The number of H-pyrrole nitrogens is 1. The van der Waals surface area contributed by atoms with Gasteiger partial charge in [0.15, 0.2) is 17.8 Å². The van der Waals surface area contributed by atoms with Gasteiger partial charge in [-0.3, -0.25) is 14.5 Å². The van der Waals surface area contributed by atoms with Crippen LogP contribution in [-0.4, -0.2) is 29.6 Å². The topological polar surface area (TPSA) is 90.0 Å². The van der Waals surface area contributed by atoms with Crippen molar-refractivity contribution in [3.05, 3.63) is 84.6 Å². The van der Waals surface area contributed by atoms with E-state index in [2.05, 4.69) is 16.4 Å². The zero-order valence-corrected chi connectivity index (χ0v) is 21.1. The van der Waals surface area contributed by atoms with Crippen molar-refractivity contribution in [3.63, 3.8) is 0 Å². The SMILES string of the molecule is CCCC(=O)Nc1ccc(N2C(C(C)=O)=NN(c3ccc(OC)cc3)[C@@H]2c2c[nH]c3ccccc23)cc1. The van der Waals surface area contributed by atoms with Crippen molar-refractivity contribution < 1.29 is 14.3 Å². The number of amidine groups is 1. The largest absolute Gasteiger partial charge is 0.497 e. The number of para-hydroxylation sites is 1. The molecular weight excluding hydrogens is 466 g/mol. The number of nitrogens with zero attached hydrogens (tertiary/aromatic N) is 3. The molecule has 3 aromatic carbocycles. The Hall–Kier alpha value is -4.59. The van der Waals surface area contributed by atoms with E-state index in [-0.39, 0.29) is 11.7 Å². The highest BCUT2D eigenvalue weighted by atomic mass is 16.5. The minimum absolute atomic E-state index is 0.0234. The minimum Gasteiger partial charge on any atom is -0.497 e. The number of aromatic nitrogens is 1. The molecule has 0 aliphatic carbocycles. The summed E-state index contributed by atoms with van der Waals surface area (Å²) < 4.78 is 5.34. The normalized spacial score (nSPS) is 15.1. The monoisotopic (exact) mass is 495 g/mol. The zero-order valence-electron chi connectivity index (χ0n) is 21.1. The summed E-state index contributed by atoms with van der Waals surface area (Å²) in [6.45, 7) is 3.49. The van der Waals surface area contributed by atoms with Gasteiger partial charge in [-0.2, -0.15) is 0 Å². The number of aromatic amines is 1. The number of rotatable bonds is 8. The molecule has 0 saturated heterocycles. The highest BCUT2D eigenvalue weighted by Crippen LogP contribution is 2.42. The van der Waals surface area contributed by atoms with Crippen molar-refractivity contribution in [1.29, 1.82) is 0 Å². The summed E-state index contributed by atoms with van der Waals surface area (Å²) >= 11 is 0. The van der Waals surface area contributed by atoms with Gasteiger partial charge in [0, 0.05) is 47.4 Å². The number of amides is 1. The van der Waals surface area contributed by atoms with Gasteiger partial charge < -0.3 is 15.0 Å². The third-order valence-corrected chi connectivity index (χ3v) is 6.36. The van der Waals surface area contributed by atoms with E-state index in [0.29, 0.717) is 17.9 Å². The maximum absolute atomic E-state index is 12.9. The number of hydrazone groups is 1. The van der Waals surface area contributed by atoms with Gasteiger partial charge in [-0.25, -0.2) is 5.01 Å². The number of methoxy groups -OCH3 is 1. The molecule has 4 aromatic rings. The van der Waals surface area contributed by atoms with Crippen LogP contribution in [0.5, 0.6) is 5.75 Å². The second-order valence-corrected chi connectivity index (χ2v) is 8.90. The molecule has 1 aromatic heterocycles. The molecule has 5 rings (SSSR count). The first kappa shape index (κ1) is 24.1. The molecule has 0 unspecified atom stereocenters. The molecule has 0 radical (unpaired) electrons. The van der Waals surface area contributed by atoms with Crippen molar-refractivity contribution in [3.8, 4) is 5.75 Å². The van der Waals surface area contributed by atoms with E-state index in [1.165, 1.54) is 6.92 Å². The number of Topliss-reactive ketones (excluding diaryl/α,β-unsaturated/α-hetero) is 1. The maximum Gasteiger partial charge on any atom is 0.224 e. The van der Waals surface area contributed by atoms with Crippen LogP contribution >= 0.6 is 0 Å². The fourth-order valence-electron chi connectivity index (χ4n) is 4.60. The van der Waals surface area contributed by atoms with Crippen LogP contribution in [0.3, 0.4) is 0 Å². The summed E-state index contributed by atoms with van der Waals surface area (Å²) in [5.74, 6) is 0.889. The summed E-state index contributed by atoms with van der Waals surface area (Å²) in [5.41, 5.74) is 4.29. The minimum atomic E-state index is -0.427. The lowest BCUT2D eigenvalue weighted by Crippen LogP contribution is -2.37. The zero-order chi connectivity index (χ0) is 25.9. The van der Waals surface area contributed by atoms with Gasteiger partial charge in [0.2, 0.25) is 5.91 Å². The standard InChI is InChI=1S/C29H29N5O3/c1-4-7-27(36)31-20-10-12-21(13-11-20)33-28(19(2)35)32-34(22-14-16-23(37-3)17-15-22)29(33)25-18-30-26-9-6-5-8-24(25)26/h5-6,8-18,29-30H,4,7H2,1-3H3,(H,31,36)/t29-/m1/s1. The number of ether oxygens (including phenoxy) is 1. The van der Waals surface area contributed by atoms with Gasteiger partial charge >= 0.3 is 0 Å². The number of carbonyl (C=O) groups excluding carboxylic acids is 2. The molecule has 0 spiro atoms. The summed E-state index contributed by atoms with van der Waals surface area (Å²) in [5, 5.41) is 10.6. The van der Waals surface area contributed by atoms with Crippen LogP contribution in [0.15, 0.2) is 84.1 Å². The molecular formula is C29H29N5O3. The molecule has 1 aliphatic rings. The van der Waals surface area contributed by atoms with Gasteiger partial charge in [-0.1, -0.05) is 25.1 Å². The van der Waals surface area contributed by atoms with Crippen molar-refractivity contribution >= 4 is 45.5 Å². The number of anilines is 3. The number of hydrogen-bond donors (Lipinski definition) is 2. The van der Waals surface area contributed by atoms with Gasteiger partial charge in [-0.15, -0.1) is 5.10 Å². The Kier molecular flexibility index (Phi) is 6.64. The summed E-state index contributed by atoms with van der Waals surface area (Å²) in [6, 6.07) is 23.2. The van der Waals surface area contributed by atoms with E-state index in [9.17, 15) is 9.59 Å². The number of carbonyl (C=O) groups is 2. The predicted octanol–water partition coefficient (Wildman–Crippen LogP) is 5.84. The molecule has 1 aliphatic heterocycles. The number of benzene rings is 3. The van der Waals surface area contributed by atoms with Gasteiger partial charge in [0.05, 0.1) is 12.8 Å². The van der Waals surface area contributed by atoms with Crippen LogP contribution in [0.25, 0.3) is 10.9 Å².